The third kappa shape index (κ3) is 34.4. The van der Waals surface area contributed by atoms with Gasteiger partial charge in [0.15, 0.2) is 0 Å². The number of rotatable bonds is 15. The highest BCUT2D eigenvalue weighted by Crippen LogP contribution is 2.16. The van der Waals surface area contributed by atoms with E-state index in [1.165, 1.54) is 36.4 Å². The maximum absolute atomic E-state index is 11.5. The quantitative estimate of drug-likeness (QED) is 0.0563. The molecule has 0 bridgehead atoms. The largest absolute Gasteiger partial charge is 0.460 e. The van der Waals surface area contributed by atoms with E-state index in [1.54, 1.807) is 36.4 Å². The summed E-state index contributed by atoms with van der Waals surface area (Å²) < 4.78 is 82.2. The number of esters is 3. The van der Waals surface area contributed by atoms with Crippen molar-refractivity contribution >= 4 is 63.9 Å². The number of carbonyl (C=O) groups excluding carboxylic acids is 3. The Hall–Kier alpha value is -4.60. The number of sulfonamides is 3. The Labute approximate surface area is 408 Å². The topological polar surface area (TPSA) is 259 Å². The van der Waals surface area contributed by atoms with Crippen molar-refractivity contribution in [1.82, 2.24) is 0 Å². The molecule has 0 aromatic heterocycles. The van der Waals surface area contributed by atoms with Gasteiger partial charge in [0.05, 0.1) is 14.7 Å². The van der Waals surface area contributed by atoms with Gasteiger partial charge in [-0.1, -0.05) is 46.3 Å². The molecule has 0 saturated heterocycles. The van der Waals surface area contributed by atoms with Gasteiger partial charge in [-0.25, -0.2) is 40.7 Å². The van der Waals surface area contributed by atoms with Gasteiger partial charge in [0, 0.05) is 42.1 Å². The summed E-state index contributed by atoms with van der Waals surface area (Å²) in [6.07, 6.45) is 12.3. The number of hydrogen-bond donors (Lipinski definition) is 3. The summed E-state index contributed by atoms with van der Waals surface area (Å²) in [5, 5.41) is 14.9. The first kappa shape index (κ1) is 62.4. The lowest BCUT2D eigenvalue weighted by molar-refractivity contribution is -0.156. The van der Waals surface area contributed by atoms with Crippen molar-refractivity contribution in [2.45, 2.75) is 164 Å². The Morgan fingerprint density at radius 2 is 0.866 bits per heavy atom. The van der Waals surface area contributed by atoms with Gasteiger partial charge in [-0.15, -0.1) is 12.3 Å². The highest BCUT2D eigenvalue weighted by atomic mass is 79.9. The van der Waals surface area contributed by atoms with Crippen molar-refractivity contribution < 1.29 is 53.8 Å². The summed E-state index contributed by atoms with van der Waals surface area (Å²) in [4.78, 5) is 34.4. The second-order valence-corrected chi connectivity index (χ2v) is 23.4. The van der Waals surface area contributed by atoms with Crippen molar-refractivity contribution in [2.75, 3.05) is 0 Å². The minimum absolute atomic E-state index is 0.0583. The van der Waals surface area contributed by atoms with Crippen LogP contribution >= 0.6 is 15.9 Å². The van der Waals surface area contributed by atoms with Crippen LogP contribution in [0.3, 0.4) is 0 Å². The minimum Gasteiger partial charge on any atom is -0.460 e. The molecule has 0 aliphatic carbocycles. The molecule has 0 aliphatic heterocycles. The number of halogens is 1. The van der Waals surface area contributed by atoms with Crippen molar-refractivity contribution in [3.05, 3.63) is 88.4 Å². The summed E-state index contributed by atoms with van der Waals surface area (Å²) in [5.41, 5.74) is 0.484. The summed E-state index contributed by atoms with van der Waals surface area (Å²) >= 11 is 3.18. The van der Waals surface area contributed by atoms with E-state index in [4.69, 9.17) is 36.1 Å². The number of nitrogens with two attached hydrogens (primary N) is 3. The van der Waals surface area contributed by atoms with Gasteiger partial charge in [0.25, 0.3) is 0 Å². The SMILES string of the molecule is C#CCCCC(=O)OC(C)(C)C.CC(C)(C)OC(=O)CCCC#Cc1ccc(S(N)(=O)=O)cc1.CC(C)(C)OC(=O)CCCCCc1ccc(S(N)(=O)=O)cc1.NS(=O)(=O)c1ccc(Br)cc1. The zero-order valence-corrected chi connectivity index (χ0v) is 44.1. The zero-order chi connectivity index (χ0) is 51.7. The average molecular weight is 1060 g/mol. The first-order valence-corrected chi connectivity index (χ1v) is 26.7. The van der Waals surface area contributed by atoms with E-state index >= 15 is 0 Å². The number of unbranched alkanes of at least 4 members (excludes halogenated alkanes) is 4. The van der Waals surface area contributed by atoms with Crippen LogP contribution < -0.4 is 15.4 Å². The molecule has 0 spiro atoms. The van der Waals surface area contributed by atoms with Gasteiger partial charge in [-0.05, 0) is 161 Å². The Morgan fingerprint density at radius 3 is 1.22 bits per heavy atom. The van der Waals surface area contributed by atoms with Gasteiger partial charge in [0.1, 0.15) is 16.8 Å². The van der Waals surface area contributed by atoms with E-state index in [1.807, 2.05) is 62.3 Å². The van der Waals surface area contributed by atoms with Crippen LogP contribution in [0.5, 0.6) is 0 Å². The van der Waals surface area contributed by atoms with Gasteiger partial charge in [-0.2, -0.15) is 0 Å². The van der Waals surface area contributed by atoms with Gasteiger partial charge < -0.3 is 14.2 Å². The first-order valence-electron chi connectivity index (χ1n) is 21.2. The molecule has 67 heavy (non-hydrogen) atoms. The van der Waals surface area contributed by atoms with Crippen LogP contribution in [-0.4, -0.2) is 60.0 Å². The van der Waals surface area contributed by atoms with E-state index in [2.05, 4.69) is 33.7 Å². The monoisotopic (exact) mass is 1050 g/mol. The van der Waals surface area contributed by atoms with E-state index < -0.39 is 41.3 Å². The molecular formula is C48H68BrN3O12S3. The van der Waals surface area contributed by atoms with Gasteiger partial charge >= 0.3 is 17.9 Å². The van der Waals surface area contributed by atoms with E-state index in [0.29, 0.717) is 50.5 Å². The number of ether oxygens (including phenoxy) is 3. The second kappa shape index (κ2) is 29.3. The lowest BCUT2D eigenvalue weighted by Gasteiger charge is -2.19. The molecule has 0 radical (unpaired) electrons. The summed E-state index contributed by atoms with van der Waals surface area (Å²) in [6, 6.07) is 18.7. The molecule has 0 aliphatic rings. The molecule has 3 aromatic carbocycles. The number of carbonyl (C=O) groups is 3. The molecule has 3 rings (SSSR count). The number of hydrogen-bond acceptors (Lipinski definition) is 12. The number of primary sulfonamides is 3. The molecule has 0 unspecified atom stereocenters. The fraction of sp³-hybridized carbons (Fsp3) is 0.479. The van der Waals surface area contributed by atoms with Crippen molar-refractivity contribution in [3.63, 3.8) is 0 Å². The fourth-order valence-electron chi connectivity index (χ4n) is 4.97. The average Bonchev–Trinajstić information content (AvgIpc) is 3.16. The van der Waals surface area contributed by atoms with Crippen molar-refractivity contribution in [2.24, 2.45) is 15.4 Å². The molecule has 0 amide bonds. The third-order valence-corrected chi connectivity index (χ3v) is 11.1. The van der Waals surface area contributed by atoms with Crippen LogP contribution in [0.25, 0.3) is 0 Å². The maximum atomic E-state index is 11.5. The summed E-state index contributed by atoms with van der Waals surface area (Å²) in [6.45, 7) is 16.6. The maximum Gasteiger partial charge on any atom is 0.306 e. The molecule has 19 heteroatoms. The van der Waals surface area contributed by atoms with Crippen LogP contribution in [0.2, 0.25) is 0 Å². The molecule has 372 valence electrons. The highest BCUT2D eigenvalue weighted by Gasteiger charge is 2.17. The first-order chi connectivity index (χ1) is 30.6. The van der Waals surface area contributed by atoms with Gasteiger partial charge in [-0.3, -0.25) is 14.4 Å². The summed E-state index contributed by atoms with van der Waals surface area (Å²) in [7, 11) is -10.8. The predicted octanol–water partition coefficient (Wildman–Crippen LogP) is 8.20. The molecule has 15 nitrogen and oxygen atoms in total. The van der Waals surface area contributed by atoms with Crippen molar-refractivity contribution in [3.8, 4) is 24.2 Å². The lowest BCUT2D eigenvalue weighted by atomic mass is 10.1. The minimum atomic E-state index is -3.67. The highest BCUT2D eigenvalue weighted by molar-refractivity contribution is 9.10. The smallest absolute Gasteiger partial charge is 0.306 e. The van der Waals surface area contributed by atoms with Crippen molar-refractivity contribution in [1.29, 1.82) is 0 Å². The molecule has 6 N–H and O–H groups in total. The number of terminal acetylenes is 1. The van der Waals surface area contributed by atoms with E-state index in [-0.39, 0.29) is 38.2 Å². The molecular weight excluding hydrogens is 987 g/mol. The van der Waals surface area contributed by atoms with Crippen LogP contribution in [0.4, 0.5) is 0 Å². The Kier molecular flexibility index (Phi) is 27.3. The second-order valence-electron chi connectivity index (χ2n) is 17.8. The van der Waals surface area contributed by atoms with Crippen LogP contribution in [-0.2, 0) is 65.1 Å². The van der Waals surface area contributed by atoms with Crippen LogP contribution in [0.15, 0.2) is 92.0 Å². The number of benzene rings is 3. The molecule has 0 saturated carbocycles. The molecule has 0 fully saturated rings. The summed E-state index contributed by atoms with van der Waals surface area (Å²) in [5.74, 6) is 7.76. The standard InChI is InChI=1S/C16H25NO4S.C16H21NO4S.C10H16O2.C6H6BrNO2S/c2*1-16(2,3)21-15(18)8-6-4-5-7-13-9-11-14(12-10-13)22(17,19)20;1-5-6-7-8-9(11)12-10(2,3)4;7-5-1-3-6(4-2-5)11(8,9)10/h9-12H,4-8H2,1-3H3,(H2,17,19,20);9-12H,4,6,8H2,1-3H3,(H2,17,19,20);1H,6-8H2,2-4H3;1-4H,(H2,8,9,10). The third-order valence-electron chi connectivity index (χ3n) is 7.80. The Balaban J connectivity index is 0.000000907. The van der Waals surface area contributed by atoms with Gasteiger partial charge in [0.2, 0.25) is 30.1 Å². The van der Waals surface area contributed by atoms with Crippen LogP contribution in [0, 0.1) is 24.2 Å². The molecule has 0 heterocycles. The van der Waals surface area contributed by atoms with E-state index in [9.17, 15) is 39.6 Å². The van der Waals surface area contributed by atoms with E-state index in [0.717, 1.165) is 35.7 Å². The number of aryl methyl sites for hydroxylation is 1. The Bertz CT molecular complexity index is 2460. The van der Waals surface area contributed by atoms with Crippen LogP contribution in [0.1, 0.15) is 138 Å². The normalized spacial score (nSPS) is 11.5. The predicted molar refractivity (Wildman–Crippen MR) is 264 cm³/mol. The Morgan fingerprint density at radius 1 is 0.522 bits per heavy atom. The fourth-order valence-corrected chi connectivity index (χ4v) is 6.78. The lowest BCUT2D eigenvalue weighted by Crippen LogP contribution is -2.23. The zero-order valence-electron chi connectivity index (χ0n) is 40.0. The molecule has 0 atom stereocenters. The molecule has 3 aromatic rings.